The molecule has 1 amide bonds. The average molecular weight is 396 g/mol. The van der Waals surface area contributed by atoms with Crippen LogP contribution in [0.1, 0.15) is 23.2 Å². The van der Waals surface area contributed by atoms with Crippen molar-refractivity contribution in [1.82, 2.24) is 25.1 Å². The van der Waals surface area contributed by atoms with Crippen LogP contribution in [-0.4, -0.2) is 59.5 Å². The maximum absolute atomic E-state index is 12.5. The predicted octanol–water partition coefficient (Wildman–Crippen LogP) is 1.87. The lowest BCUT2D eigenvalue weighted by Crippen LogP contribution is -2.27. The maximum atomic E-state index is 12.5. The molecule has 9 nitrogen and oxygen atoms in total. The zero-order chi connectivity index (χ0) is 20.2. The van der Waals surface area contributed by atoms with Crippen molar-refractivity contribution in [3.63, 3.8) is 0 Å². The number of fused-ring (bicyclic) bond motifs is 1. The Balaban J connectivity index is 1.42. The Labute approximate surface area is 168 Å². The number of carbonyl (C=O) groups excluding carboxylic acids is 1. The molecule has 0 unspecified atom stereocenters. The van der Waals surface area contributed by atoms with Crippen molar-refractivity contribution in [2.24, 2.45) is 0 Å². The molecule has 0 saturated carbocycles. The van der Waals surface area contributed by atoms with E-state index in [0.717, 1.165) is 29.9 Å². The largest absolute Gasteiger partial charge is 0.493 e. The number of nitrogens with one attached hydrogen (secondary N) is 1. The third-order valence-electron chi connectivity index (χ3n) is 5.07. The summed E-state index contributed by atoms with van der Waals surface area (Å²) in [5.41, 5.74) is 1.29. The minimum atomic E-state index is -0.185. The van der Waals surface area contributed by atoms with Gasteiger partial charge < -0.3 is 19.7 Å². The zero-order valence-electron chi connectivity index (χ0n) is 16.6. The number of nitrogens with zero attached hydrogens (tertiary/aromatic N) is 5. The van der Waals surface area contributed by atoms with E-state index in [2.05, 4.69) is 25.3 Å². The molecule has 1 aliphatic rings. The highest BCUT2D eigenvalue weighted by atomic mass is 16.5. The second-order valence-electron chi connectivity index (χ2n) is 6.82. The average Bonchev–Trinajstić information content (AvgIpc) is 3.43. The zero-order valence-corrected chi connectivity index (χ0v) is 16.6. The summed E-state index contributed by atoms with van der Waals surface area (Å²) in [4.78, 5) is 23.6. The third-order valence-corrected chi connectivity index (χ3v) is 5.07. The number of methoxy groups -OCH3 is 2. The molecule has 29 heavy (non-hydrogen) atoms. The van der Waals surface area contributed by atoms with Crippen molar-refractivity contribution in [3.05, 3.63) is 36.3 Å². The van der Waals surface area contributed by atoms with Gasteiger partial charge in [0.25, 0.3) is 5.91 Å². The van der Waals surface area contributed by atoms with Crippen LogP contribution in [0.5, 0.6) is 11.5 Å². The van der Waals surface area contributed by atoms with E-state index >= 15 is 0 Å². The predicted molar refractivity (Wildman–Crippen MR) is 109 cm³/mol. The highest BCUT2D eigenvalue weighted by Gasteiger charge is 2.18. The highest BCUT2D eigenvalue weighted by molar-refractivity contribution is 5.94. The summed E-state index contributed by atoms with van der Waals surface area (Å²) in [5.74, 6) is 1.85. The third kappa shape index (κ3) is 3.80. The van der Waals surface area contributed by atoms with Gasteiger partial charge in [0.2, 0.25) is 0 Å². The molecule has 0 spiro atoms. The molecule has 9 heteroatoms. The van der Waals surface area contributed by atoms with Gasteiger partial charge in [-0.05, 0) is 31.0 Å². The van der Waals surface area contributed by atoms with Gasteiger partial charge in [-0.3, -0.25) is 4.79 Å². The Kier molecular flexibility index (Phi) is 5.46. The lowest BCUT2D eigenvalue weighted by atomic mass is 10.2. The first kappa shape index (κ1) is 19.0. The van der Waals surface area contributed by atoms with Crippen LogP contribution in [0.3, 0.4) is 0 Å². The molecule has 4 rings (SSSR count). The molecule has 1 saturated heterocycles. The van der Waals surface area contributed by atoms with Crippen LogP contribution in [0, 0.1) is 0 Å². The number of hydrogen-bond acceptors (Lipinski definition) is 7. The standard InChI is InChI=1S/C20H24N6O3/c1-28-16-6-5-14(11-17(16)29-2)20(27)21-7-10-26-19-15(12-24-26)18(22-13-23-19)25-8-3-4-9-25/h5-6,11-13H,3-4,7-10H2,1-2H3,(H,21,27). The molecule has 0 atom stereocenters. The molecule has 0 radical (unpaired) electrons. The van der Waals surface area contributed by atoms with Gasteiger partial charge in [0, 0.05) is 25.2 Å². The monoisotopic (exact) mass is 396 g/mol. The SMILES string of the molecule is COc1ccc(C(=O)NCCn2ncc3c(N4CCCC4)ncnc32)cc1OC. The van der Waals surface area contributed by atoms with E-state index in [9.17, 15) is 4.79 Å². The summed E-state index contributed by atoms with van der Waals surface area (Å²) in [6.45, 7) is 2.96. The van der Waals surface area contributed by atoms with Crippen LogP contribution < -0.4 is 19.7 Å². The first-order valence-electron chi connectivity index (χ1n) is 9.63. The van der Waals surface area contributed by atoms with Crippen LogP contribution >= 0.6 is 0 Å². The number of carbonyl (C=O) groups is 1. The van der Waals surface area contributed by atoms with E-state index in [4.69, 9.17) is 9.47 Å². The van der Waals surface area contributed by atoms with E-state index < -0.39 is 0 Å². The Hall–Kier alpha value is -3.36. The lowest BCUT2D eigenvalue weighted by Gasteiger charge is -2.16. The van der Waals surface area contributed by atoms with E-state index in [1.54, 1.807) is 49.6 Å². The number of rotatable bonds is 7. The van der Waals surface area contributed by atoms with Gasteiger partial charge in [0.05, 0.1) is 32.3 Å². The fraction of sp³-hybridized carbons (Fsp3) is 0.400. The minimum Gasteiger partial charge on any atom is -0.493 e. The molecular weight excluding hydrogens is 372 g/mol. The Bertz CT molecular complexity index is 1010. The molecule has 0 bridgehead atoms. The Morgan fingerprint density at radius 3 is 2.69 bits per heavy atom. The molecule has 1 fully saturated rings. The fourth-order valence-corrected chi connectivity index (χ4v) is 3.58. The van der Waals surface area contributed by atoms with Gasteiger partial charge in [-0.15, -0.1) is 0 Å². The number of benzene rings is 1. The van der Waals surface area contributed by atoms with E-state index in [1.807, 2.05) is 0 Å². The van der Waals surface area contributed by atoms with Crippen molar-refractivity contribution in [3.8, 4) is 11.5 Å². The first-order chi connectivity index (χ1) is 14.2. The molecule has 1 aromatic carbocycles. The van der Waals surface area contributed by atoms with Gasteiger partial charge in [-0.25, -0.2) is 14.6 Å². The number of aromatic nitrogens is 4. The second-order valence-corrected chi connectivity index (χ2v) is 6.82. The van der Waals surface area contributed by atoms with Gasteiger partial charge >= 0.3 is 0 Å². The smallest absolute Gasteiger partial charge is 0.251 e. The van der Waals surface area contributed by atoms with Crippen LogP contribution in [0.4, 0.5) is 5.82 Å². The number of amides is 1. The minimum absolute atomic E-state index is 0.185. The topological polar surface area (TPSA) is 94.4 Å². The van der Waals surface area contributed by atoms with E-state index in [0.29, 0.717) is 30.2 Å². The summed E-state index contributed by atoms with van der Waals surface area (Å²) in [5, 5.41) is 8.30. The van der Waals surface area contributed by atoms with Crippen LogP contribution in [0.2, 0.25) is 0 Å². The molecule has 3 aromatic rings. The van der Waals surface area contributed by atoms with Gasteiger partial charge in [-0.2, -0.15) is 5.10 Å². The summed E-state index contributed by atoms with van der Waals surface area (Å²) in [6, 6.07) is 5.08. The summed E-state index contributed by atoms with van der Waals surface area (Å²) in [6.07, 6.45) is 5.75. The normalized spacial score (nSPS) is 13.7. The highest BCUT2D eigenvalue weighted by Crippen LogP contribution is 2.27. The van der Waals surface area contributed by atoms with Gasteiger partial charge in [0.1, 0.15) is 12.1 Å². The van der Waals surface area contributed by atoms with Crippen molar-refractivity contribution in [1.29, 1.82) is 0 Å². The van der Waals surface area contributed by atoms with Crippen molar-refractivity contribution < 1.29 is 14.3 Å². The van der Waals surface area contributed by atoms with Gasteiger partial charge in [-0.1, -0.05) is 0 Å². The van der Waals surface area contributed by atoms with Crippen LogP contribution in [0.25, 0.3) is 11.0 Å². The van der Waals surface area contributed by atoms with Crippen molar-refractivity contribution >= 4 is 22.8 Å². The van der Waals surface area contributed by atoms with Crippen LogP contribution in [0.15, 0.2) is 30.7 Å². The van der Waals surface area contributed by atoms with E-state index in [1.165, 1.54) is 12.8 Å². The number of ether oxygens (including phenoxy) is 2. The van der Waals surface area contributed by atoms with Crippen molar-refractivity contribution in [2.45, 2.75) is 19.4 Å². The van der Waals surface area contributed by atoms with Gasteiger partial charge in [0.15, 0.2) is 17.1 Å². The van der Waals surface area contributed by atoms with Crippen molar-refractivity contribution in [2.75, 3.05) is 38.8 Å². The summed E-state index contributed by atoms with van der Waals surface area (Å²) >= 11 is 0. The number of anilines is 1. The molecule has 1 N–H and O–H groups in total. The van der Waals surface area contributed by atoms with Crippen LogP contribution in [-0.2, 0) is 6.54 Å². The van der Waals surface area contributed by atoms with E-state index in [-0.39, 0.29) is 5.91 Å². The molecule has 1 aliphatic heterocycles. The second kappa shape index (κ2) is 8.34. The Morgan fingerprint density at radius 2 is 1.93 bits per heavy atom. The molecule has 3 heterocycles. The number of hydrogen-bond donors (Lipinski definition) is 1. The lowest BCUT2D eigenvalue weighted by molar-refractivity contribution is 0.0951. The summed E-state index contributed by atoms with van der Waals surface area (Å²) in [7, 11) is 3.10. The quantitative estimate of drug-likeness (QED) is 0.651. The molecular formula is C20H24N6O3. The first-order valence-corrected chi connectivity index (χ1v) is 9.63. The molecule has 2 aromatic heterocycles. The summed E-state index contributed by atoms with van der Waals surface area (Å²) < 4.78 is 12.3. The molecule has 0 aliphatic carbocycles. The fourth-order valence-electron chi connectivity index (χ4n) is 3.58. The maximum Gasteiger partial charge on any atom is 0.251 e. The Morgan fingerprint density at radius 1 is 1.14 bits per heavy atom. The molecule has 152 valence electrons.